The molecule has 2 rings (SSSR count). The Hall–Kier alpha value is -2.82. The van der Waals surface area contributed by atoms with E-state index in [4.69, 9.17) is 4.74 Å². The molecule has 5 nitrogen and oxygen atoms in total. The number of amides is 2. The first-order valence-corrected chi connectivity index (χ1v) is 11.3. The van der Waals surface area contributed by atoms with Crippen molar-refractivity contribution >= 4 is 11.8 Å². The van der Waals surface area contributed by atoms with Crippen LogP contribution in [-0.2, 0) is 21.5 Å². The Bertz CT molecular complexity index is 881. The molecular weight excluding hydrogens is 400 g/mol. The Morgan fingerprint density at radius 3 is 2.09 bits per heavy atom. The average Bonchev–Trinajstić information content (AvgIpc) is 2.74. The lowest BCUT2D eigenvalue weighted by atomic mass is 9.87. The van der Waals surface area contributed by atoms with E-state index >= 15 is 0 Å². The van der Waals surface area contributed by atoms with Gasteiger partial charge in [-0.15, -0.1) is 0 Å². The monoisotopic (exact) mass is 438 g/mol. The maximum atomic E-state index is 13.1. The number of hydrogen-bond acceptors (Lipinski definition) is 3. The molecule has 5 heteroatoms. The zero-order valence-electron chi connectivity index (χ0n) is 20.6. The van der Waals surface area contributed by atoms with Gasteiger partial charge in [0, 0.05) is 13.1 Å². The average molecular weight is 439 g/mol. The summed E-state index contributed by atoms with van der Waals surface area (Å²) in [5, 5.41) is 2.93. The van der Waals surface area contributed by atoms with Gasteiger partial charge in [0.25, 0.3) is 5.91 Å². The van der Waals surface area contributed by atoms with E-state index in [2.05, 4.69) is 26.1 Å². The molecule has 1 N–H and O–H groups in total. The van der Waals surface area contributed by atoms with Crippen LogP contribution < -0.4 is 10.1 Å². The van der Waals surface area contributed by atoms with Crippen molar-refractivity contribution in [1.82, 2.24) is 10.2 Å². The van der Waals surface area contributed by atoms with Crippen LogP contribution in [0.3, 0.4) is 0 Å². The van der Waals surface area contributed by atoms with Gasteiger partial charge >= 0.3 is 0 Å². The van der Waals surface area contributed by atoms with E-state index in [0.717, 1.165) is 11.1 Å². The van der Waals surface area contributed by atoms with Crippen LogP contribution in [0, 0.1) is 12.8 Å². The predicted octanol–water partition coefficient (Wildman–Crippen LogP) is 4.86. The summed E-state index contributed by atoms with van der Waals surface area (Å²) >= 11 is 0. The summed E-state index contributed by atoms with van der Waals surface area (Å²) in [5.41, 5.74) is 3.38. The number of rotatable bonds is 9. The number of aryl methyl sites for hydroxylation is 1. The third-order valence-corrected chi connectivity index (χ3v) is 5.41. The number of carbonyl (C=O) groups excluding carboxylic acids is 2. The summed E-state index contributed by atoms with van der Waals surface area (Å²) in [7, 11) is 0. The molecule has 0 saturated carbocycles. The molecule has 0 spiro atoms. The quantitative estimate of drug-likeness (QED) is 0.608. The Morgan fingerprint density at radius 2 is 1.56 bits per heavy atom. The fraction of sp³-hybridized carbons (Fsp3) is 0.481. The summed E-state index contributed by atoms with van der Waals surface area (Å²) in [5.74, 6) is 0.594. The number of benzene rings is 2. The molecule has 0 aliphatic carbocycles. The van der Waals surface area contributed by atoms with E-state index in [1.54, 1.807) is 11.8 Å². The van der Waals surface area contributed by atoms with E-state index in [-0.39, 0.29) is 23.8 Å². The normalized spacial score (nSPS) is 12.4. The molecule has 1 unspecified atom stereocenters. The highest BCUT2D eigenvalue weighted by atomic mass is 16.5. The number of nitrogens with zero attached hydrogens (tertiary/aromatic N) is 1. The number of ether oxygens (including phenoxy) is 1. The van der Waals surface area contributed by atoms with Gasteiger partial charge in [-0.05, 0) is 48.4 Å². The first kappa shape index (κ1) is 25.4. The highest BCUT2D eigenvalue weighted by Crippen LogP contribution is 2.24. The number of hydrogen-bond donors (Lipinski definition) is 1. The lowest BCUT2D eigenvalue weighted by Gasteiger charge is -2.29. The van der Waals surface area contributed by atoms with Gasteiger partial charge in [0.1, 0.15) is 11.8 Å². The molecule has 2 aromatic carbocycles. The molecule has 174 valence electrons. The molecule has 0 saturated heterocycles. The van der Waals surface area contributed by atoms with E-state index in [9.17, 15) is 9.59 Å². The molecule has 0 radical (unpaired) electrons. The summed E-state index contributed by atoms with van der Waals surface area (Å²) < 4.78 is 5.78. The van der Waals surface area contributed by atoms with Gasteiger partial charge in [-0.25, -0.2) is 0 Å². The fourth-order valence-corrected chi connectivity index (χ4v) is 3.20. The smallest absolute Gasteiger partial charge is 0.261 e. The molecule has 0 heterocycles. The minimum atomic E-state index is -0.602. The van der Waals surface area contributed by atoms with E-state index in [1.807, 2.05) is 69.3 Å². The molecule has 32 heavy (non-hydrogen) atoms. The summed E-state index contributed by atoms with van der Waals surface area (Å²) in [6.07, 6.45) is 0. The summed E-state index contributed by atoms with van der Waals surface area (Å²) in [6.45, 7) is 15.1. The first-order chi connectivity index (χ1) is 15.0. The topological polar surface area (TPSA) is 58.6 Å². The highest BCUT2D eigenvalue weighted by Gasteiger charge is 2.26. The predicted molar refractivity (Wildman–Crippen MR) is 130 cm³/mol. The van der Waals surface area contributed by atoms with Gasteiger partial charge in [-0.2, -0.15) is 0 Å². The largest absolute Gasteiger partial charge is 0.484 e. The third kappa shape index (κ3) is 7.70. The highest BCUT2D eigenvalue weighted by molar-refractivity contribution is 5.87. The molecule has 0 fully saturated rings. The van der Waals surface area contributed by atoms with Crippen LogP contribution in [0.1, 0.15) is 58.2 Å². The van der Waals surface area contributed by atoms with Crippen LogP contribution in [0.2, 0.25) is 0 Å². The first-order valence-electron chi connectivity index (χ1n) is 11.3. The second kappa shape index (κ2) is 11.2. The zero-order valence-corrected chi connectivity index (χ0v) is 20.6. The van der Waals surface area contributed by atoms with Gasteiger partial charge in [0.05, 0.1) is 0 Å². The van der Waals surface area contributed by atoms with E-state index < -0.39 is 6.04 Å². The van der Waals surface area contributed by atoms with Crippen molar-refractivity contribution in [2.45, 2.75) is 66.5 Å². The van der Waals surface area contributed by atoms with Crippen molar-refractivity contribution < 1.29 is 14.3 Å². The Kier molecular flexibility index (Phi) is 8.88. The summed E-state index contributed by atoms with van der Waals surface area (Å²) in [4.78, 5) is 27.4. The van der Waals surface area contributed by atoms with Gasteiger partial charge < -0.3 is 15.0 Å². The van der Waals surface area contributed by atoms with Crippen LogP contribution >= 0.6 is 0 Å². The lowest BCUT2D eigenvalue weighted by molar-refractivity contribution is -0.142. The Morgan fingerprint density at radius 1 is 0.969 bits per heavy atom. The van der Waals surface area contributed by atoms with Crippen molar-refractivity contribution in [3.05, 3.63) is 65.2 Å². The lowest BCUT2D eigenvalue weighted by Crippen LogP contribution is -2.49. The van der Waals surface area contributed by atoms with E-state index in [0.29, 0.717) is 24.8 Å². The standard InChI is InChI=1S/C27H38N2O3/c1-19(2)16-28-26(31)21(4)29(17-22-10-8-20(3)9-11-22)25(30)18-32-24-14-12-23(13-15-24)27(5,6)7/h8-15,19,21H,16-18H2,1-7H3,(H,28,31). The molecule has 0 bridgehead atoms. The molecule has 0 aliphatic heterocycles. The maximum absolute atomic E-state index is 13.1. The third-order valence-electron chi connectivity index (χ3n) is 5.41. The summed E-state index contributed by atoms with van der Waals surface area (Å²) in [6, 6.07) is 15.2. The maximum Gasteiger partial charge on any atom is 0.261 e. The van der Waals surface area contributed by atoms with Gasteiger partial charge in [-0.1, -0.05) is 76.6 Å². The van der Waals surface area contributed by atoms with Gasteiger partial charge in [0.15, 0.2) is 6.61 Å². The Labute approximate surface area is 193 Å². The Balaban J connectivity index is 2.11. The van der Waals surface area contributed by atoms with E-state index in [1.165, 1.54) is 5.56 Å². The van der Waals surface area contributed by atoms with Crippen molar-refractivity contribution in [2.75, 3.05) is 13.2 Å². The minimum Gasteiger partial charge on any atom is -0.484 e. The second-order valence-corrected chi connectivity index (χ2v) is 9.89. The minimum absolute atomic E-state index is 0.0535. The van der Waals surface area contributed by atoms with Gasteiger partial charge in [0.2, 0.25) is 5.91 Å². The van der Waals surface area contributed by atoms with Crippen molar-refractivity contribution in [1.29, 1.82) is 0 Å². The zero-order chi connectivity index (χ0) is 23.9. The van der Waals surface area contributed by atoms with Crippen molar-refractivity contribution in [3.8, 4) is 5.75 Å². The molecule has 2 aromatic rings. The van der Waals surface area contributed by atoms with Crippen LogP contribution in [0.4, 0.5) is 0 Å². The fourth-order valence-electron chi connectivity index (χ4n) is 3.20. The molecule has 0 aromatic heterocycles. The van der Waals surface area contributed by atoms with Crippen molar-refractivity contribution in [2.24, 2.45) is 5.92 Å². The van der Waals surface area contributed by atoms with Crippen LogP contribution in [0.25, 0.3) is 0 Å². The second-order valence-electron chi connectivity index (χ2n) is 9.89. The van der Waals surface area contributed by atoms with Gasteiger partial charge in [-0.3, -0.25) is 9.59 Å². The number of nitrogens with one attached hydrogen (secondary N) is 1. The number of carbonyl (C=O) groups is 2. The molecule has 2 amide bonds. The van der Waals surface area contributed by atoms with Crippen molar-refractivity contribution in [3.63, 3.8) is 0 Å². The molecule has 1 atom stereocenters. The van der Waals surface area contributed by atoms with Crippen LogP contribution in [0.15, 0.2) is 48.5 Å². The van der Waals surface area contributed by atoms with Crippen LogP contribution in [-0.4, -0.2) is 35.9 Å². The SMILES string of the molecule is Cc1ccc(CN(C(=O)COc2ccc(C(C)(C)C)cc2)C(C)C(=O)NCC(C)C)cc1. The van der Waals surface area contributed by atoms with Crippen LogP contribution in [0.5, 0.6) is 5.75 Å². The molecular formula is C27H38N2O3. The molecule has 0 aliphatic rings.